The number of hydrogen-bond acceptors (Lipinski definition) is 5. The van der Waals surface area contributed by atoms with E-state index in [0.717, 1.165) is 0 Å². The van der Waals surface area contributed by atoms with Crippen molar-refractivity contribution in [3.63, 3.8) is 0 Å². The molecule has 7 nitrogen and oxygen atoms in total. The Morgan fingerprint density at radius 1 is 1.50 bits per heavy atom. The monoisotopic (exact) mass is 253 g/mol. The average Bonchev–Trinajstić information content (AvgIpc) is 2.75. The molecule has 1 fully saturated rings. The van der Waals surface area contributed by atoms with Crippen LogP contribution in [0, 0.1) is 6.92 Å². The van der Waals surface area contributed by atoms with Crippen LogP contribution < -0.4 is 5.32 Å². The Morgan fingerprint density at radius 2 is 2.17 bits per heavy atom. The lowest BCUT2D eigenvalue weighted by molar-refractivity contribution is -0.144. The number of carbonyl (C=O) groups is 2. The summed E-state index contributed by atoms with van der Waals surface area (Å²) in [7, 11) is 0. The molecule has 0 saturated carbocycles. The summed E-state index contributed by atoms with van der Waals surface area (Å²) < 4.78 is 4.78. The second-order valence-corrected chi connectivity index (χ2v) is 4.30. The number of carbonyl (C=O) groups excluding carboxylic acids is 2. The number of aryl methyl sites for hydroxylation is 1. The van der Waals surface area contributed by atoms with Crippen LogP contribution in [0.2, 0.25) is 0 Å². The van der Waals surface area contributed by atoms with E-state index in [4.69, 9.17) is 4.52 Å². The van der Waals surface area contributed by atoms with Crippen LogP contribution in [0.4, 0.5) is 5.82 Å². The summed E-state index contributed by atoms with van der Waals surface area (Å²) in [6.07, 6.45) is 0.625. The molecule has 2 N–H and O–H groups in total. The fraction of sp³-hybridized carbons (Fsp3) is 0.545. The van der Waals surface area contributed by atoms with Crippen molar-refractivity contribution in [2.45, 2.75) is 25.9 Å². The highest BCUT2D eigenvalue weighted by molar-refractivity contribution is 6.39. The molecule has 0 atom stereocenters. The summed E-state index contributed by atoms with van der Waals surface area (Å²) in [5.74, 6) is -0.566. The Kier molecular flexibility index (Phi) is 3.61. The van der Waals surface area contributed by atoms with E-state index in [0.29, 0.717) is 31.7 Å². The first-order chi connectivity index (χ1) is 8.56. The molecule has 0 spiro atoms. The van der Waals surface area contributed by atoms with Crippen molar-refractivity contribution in [2.75, 3.05) is 18.4 Å². The molecular weight excluding hydrogens is 238 g/mol. The summed E-state index contributed by atoms with van der Waals surface area (Å²) in [5.41, 5.74) is 0. The lowest BCUT2D eigenvalue weighted by Crippen LogP contribution is -2.45. The van der Waals surface area contributed by atoms with Gasteiger partial charge in [0.1, 0.15) is 5.76 Å². The number of anilines is 1. The van der Waals surface area contributed by atoms with Crippen LogP contribution in [-0.4, -0.2) is 46.2 Å². The minimum Gasteiger partial charge on any atom is -0.393 e. The van der Waals surface area contributed by atoms with Gasteiger partial charge in [0, 0.05) is 19.2 Å². The first-order valence-electron chi connectivity index (χ1n) is 5.78. The Bertz CT molecular complexity index is 449. The number of aromatic nitrogens is 1. The zero-order valence-electron chi connectivity index (χ0n) is 10.0. The van der Waals surface area contributed by atoms with E-state index >= 15 is 0 Å². The van der Waals surface area contributed by atoms with E-state index in [1.807, 2.05) is 0 Å². The highest BCUT2D eigenvalue weighted by atomic mass is 16.5. The van der Waals surface area contributed by atoms with Crippen LogP contribution in [0.5, 0.6) is 0 Å². The van der Waals surface area contributed by atoms with Crippen LogP contribution in [0.25, 0.3) is 0 Å². The Balaban J connectivity index is 1.90. The Morgan fingerprint density at radius 3 is 2.72 bits per heavy atom. The molecule has 0 bridgehead atoms. The van der Waals surface area contributed by atoms with Crippen LogP contribution in [0.1, 0.15) is 18.6 Å². The van der Waals surface area contributed by atoms with Crippen LogP contribution in [-0.2, 0) is 9.59 Å². The van der Waals surface area contributed by atoms with Gasteiger partial charge in [-0.15, -0.1) is 0 Å². The van der Waals surface area contributed by atoms with E-state index < -0.39 is 11.8 Å². The smallest absolute Gasteiger partial charge is 0.315 e. The third kappa shape index (κ3) is 2.86. The molecule has 1 aromatic heterocycles. The minimum atomic E-state index is -0.736. The Labute approximate surface area is 104 Å². The first-order valence-corrected chi connectivity index (χ1v) is 5.78. The molecule has 7 heteroatoms. The van der Waals surface area contributed by atoms with Gasteiger partial charge in [-0.3, -0.25) is 14.9 Å². The third-order valence-electron chi connectivity index (χ3n) is 2.82. The van der Waals surface area contributed by atoms with Gasteiger partial charge < -0.3 is 14.5 Å². The van der Waals surface area contributed by atoms with Crippen molar-refractivity contribution in [1.29, 1.82) is 0 Å². The molecule has 1 saturated heterocycles. The summed E-state index contributed by atoms with van der Waals surface area (Å²) in [6, 6.07) is 1.53. The highest BCUT2D eigenvalue weighted by Gasteiger charge is 2.26. The zero-order valence-corrected chi connectivity index (χ0v) is 10.0. The maximum Gasteiger partial charge on any atom is 0.315 e. The summed E-state index contributed by atoms with van der Waals surface area (Å²) in [4.78, 5) is 24.9. The fourth-order valence-electron chi connectivity index (χ4n) is 1.81. The molecule has 2 rings (SSSR count). The lowest BCUT2D eigenvalue weighted by Gasteiger charge is -2.28. The number of aliphatic hydroxyl groups is 1. The molecule has 2 amide bonds. The van der Waals surface area contributed by atoms with Gasteiger partial charge in [-0.25, -0.2) is 0 Å². The number of rotatable bonds is 1. The van der Waals surface area contributed by atoms with Crippen molar-refractivity contribution in [3.05, 3.63) is 11.8 Å². The summed E-state index contributed by atoms with van der Waals surface area (Å²) >= 11 is 0. The molecule has 2 heterocycles. The molecule has 1 aliphatic rings. The number of aliphatic hydroxyl groups excluding tert-OH is 1. The average molecular weight is 253 g/mol. The number of likely N-dealkylation sites (tertiary alicyclic amines) is 1. The maximum atomic E-state index is 11.8. The van der Waals surface area contributed by atoms with Crippen LogP contribution in [0.3, 0.4) is 0 Å². The number of hydrogen-bond donors (Lipinski definition) is 2. The quantitative estimate of drug-likeness (QED) is 0.682. The minimum absolute atomic E-state index is 0.225. The Hall–Kier alpha value is -1.89. The SMILES string of the molecule is Cc1cc(NC(=O)C(=O)N2CCC(O)CC2)no1. The molecule has 0 aromatic carbocycles. The van der Waals surface area contributed by atoms with Gasteiger partial charge in [-0.1, -0.05) is 5.16 Å². The van der Waals surface area contributed by atoms with Gasteiger partial charge >= 0.3 is 11.8 Å². The third-order valence-corrected chi connectivity index (χ3v) is 2.82. The van der Waals surface area contributed by atoms with Crippen LogP contribution in [0.15, 0.2) is 10.6 Å². The van der Waals surface area contributed by atoms with Gasteiger partial charge in [-0.2, -0.15) is 0 Å². The van der Waals surface area contributed by atoms with Gasteiger partial charge in [0.2, 0.25) is 0 Å². The number of nitrogens with one attached hydrogen (secondary N) is 1. The fourth-order valence-corrected chi connectivity index (χ4v) is 1.81. The van der Waals surface area contributed by atoms with Crippen LogP contribution >= 0.6 is 0 Å². The summed E-state index contributed by atoms with van der Waals surface area (Å²) in [5, 5.41) is 15.3. The highest BCUT2D eigenvalue weighted by Crippen LogP contribution is 2.11. The maximum absolute atomic E-state index is 11.8. The molecule has 1 aliphatic heterocycles. The van der Waals surface area contributed by atoms with Gasteiger partial charge in [-0.05, 0) is 19.8 Å². The predicted octanol–water partition coefficient (Wildman–Crippen LogP) is -0.0952. The standard InChI is InChI=1S/C11H15N3O4/c1-7-6-9(13-18-7)12-10(16)11(17)14-4-2-8(15)3-5-14/h6,8,15H,2-5H2,1H3,(H,12,13,16). The van der Waals surface area contributed by atoms with Gasteiger partial charge in [0.15, 0.2) is 5.82 Å². The lowest BCUT2D eigenvalue weighted by atomic mass is 10.1. The van der Waals surface area contributed by atoms with Crippen molar-refractivity contribution >= 4 is 17.6 Å². The van der Waals surface area contributed by atoms with Crippen molar-refractivity contribution in [3.8, 4) is 0 Å². The van der Waals surface area contributed by atoms with E-state index in [1.54, 1.807) is 6.92 Å². The van der Waals surface area contributed by atoms with E-state index in [-0.39, 0.29) is 11.9 Å². The molecule has 98 valence electrons. The zero-order chi connectivity index (χ0) is 13.1. The molecule has 0 radical (unpaired) electrons. The van der Waals surface area contributed by atoms with Gasteiger partial charge in [0.05, 0.1) is 6.10 Å². The first kappa shape index (κ1) is 12.6. The van der Waals surface area contributed by atoms with Crippen molar-refractivity contribution in [1.82, 2.24) is 10.1 Å². The molecule has 0 aliphatic carbocycles. The van der Waals surface area contributed by atoms with E-state index in [9.17, 15) is 14.7 Å². The summed E-state index contributed by atoms with van der Waals surface area (Å²) in [6.45, 7) is 2.48. The van der Waals surface area contributed by atoms with E-state index in [2.05, 4.69) is 10.5 Å². The van der Waals surface area contributed by atoms with Crippen molar-refractivity contribution in [2.24, 2.45) is 0 Å². The number of amides is 2. The van der Waals surface area contributed by atoms with Gasteiger partial charge in [0.25, 0.3) is 0 Å². The molecule has 18 heavy (non-hydrogen) atoms. The molecular formula is C11H15N3O4. The second kappa shape index (κ2) is 5.18. The second-order valence-electron chi connectivity index (χ2n) is 4.30. The topological polar surface area (TPSA) is 95.7 Å². The van der Waals surface area contributed by atoms with E-state index in [1.165, 1.54) is 11.0 Å². The largest absolute Gasteiger partial charge is 0.393 e. The molecule has 0 unspecified atom stereocenters. The predicted molar refractivity (Wildman–Crippen MR) is 61.7 cm³/mol. The normalized spacial score (nSPS) is 16.7. The van der Waals surface area contributed by atoms with Crippen molar-refractivity contribution < 1.29 is 19.2 Å². The number of piperidine rings is 1. The molecule has 1 aromatic rings. The number of nitrogens with zero attached hydrogens (tertiary/aromatic N) is 2.